The van der Waals surface area contributed by atoms with Crippen LogP contribution >= 0.6 is 0 Å². The molecule has 0 unspecified atom stereocenters. The highest BCUT2D eigenvalue weighted by molar-refractivity contribution is 7.85. The van der Waals surface area contributed by atoms with Crippen molar-refractivity contribution < 1.29 is 18.1 Å². The van der Waals surface area contributed by atoms with E-state index in [4.69, 9.17) is 0 Å². The van der Waals surface area contributed by atoms with Gasteiger partial charge < -0.3 is 5.11 Å². The number of hydrogen-bond acceptors (Lipinski definition) is 3. The fourth-order valence-electron chi connectivity index (χ4n) is 2.36. The van der Waals surface area contributed by atoms with Gasteiger partial charge in [-0.15, -0.1) is 0 Å². The van der Waals surface area contributed by atoms with Crippen LogP contribution in [0.4, 0.5) is 0 Å². The molecule has 0 aliphatic carbocycles. The smallest absolute Gasteiger partial charge is 0.294 e. The van der Waals surface area contributed by atoms with Crippen molar-refractivity contribution in [1.82, 2.24) is 0 Å². The lowest BCUT2D eigenvalue weighted by molar-refractivity contribution is 0.396. The molecule has 0 spiro atoms. The molecule has 4 nitrogen and oxygen atoms in total. The van der Waals surface area contributed by atoms with Gasteiger partial charge in [-0.3, -0.25) is 4.55 Å². The summed E-state index contributed by atoms with van der Waals surface area (Å²) in [5.74, 6) is -0.0865. The van der Waals surface area contributed by atoms with Gasteiger partial charge in [0.05, 0.1) is 0 Å². The Morgan fingerprint density at radius 1 is 1.21 bits per heavy atom. The van der Waals surface area contributed by atoms with Gasteiger partial charge in [0.15, 0.2) is 0 Å². The lowest BCUT2D eigenvalue weighted by atomic mass is 9.79. The second kappa shape index (κ2) is 5.92. The van der Waals surface area contributed by atoms with E-state index < -0.39 is 15.5 Å². The molecular weight excluding hydrogens is 264 g/mol. The Morgan fingerprint density at radius 3 is 2.37 bits per heavy atom. The first-order valence-electron chi connectivity index (χ1n) is 6.50. The van der Waals surface area contributed by atoms with Crippen molar-refractivity contribution in [2.75, 3.05) is 0 Å². The maximum atomic E-state index is 11.4. The molecule has 0 bridgehead atoms. The molecular formula is C14H22O4S. The standard InChI is InChI=1S/C14H22O4S/c1-4-5-6-10-14(2,3)13-11(15)8-7-9-12(13)19(16,17)18/h7-9,15H,4-6,10H2,1-3H3,(H,16,17,18). The van der Waals surface area contributed by atoms with Crippen LogP contribution in [0.1, 0.15) is 52.0 Å². The molecule has 19 heavy (non-hydrogen) atoms. The molecule has 0 saturated heterocycles. The number of unbranched alkanes of at least 4 members (excludes halogenated alkanes) is 2. The van der Waals surface area contributed by atoms with Gasteiger partial charge in [0.25, 0.3) is 10.1 Å². The third kappa shape index (κ3) is 3.94. The van der Waals surface area contributed by atoms with E-state index in [9.17, 15) is 18.1 Å². The molecule has 0 heterocycles. The highest BCUT2D eigenvalue weighted by Crippen LogP contribution is 2.39. The lowest BCUT2D eigenvalue weighted by Crippen LogP contribution is -2.21. The molecule has 0 aliphatic heterocycles. The Kier molecular flexibility index (Phi) is 4.98. The molecule has 1 rings (SSSR count). The Balaban J connectivity index is 3.25. The molecule has 0 aromatic heterocycles. The number of benzene rings is 1. The Hall–Kier alpha value is -1.07. The van der Waals surface area contributed by atoms with Crippen molar-refractivity contribution in [2.24, 2.45) is 0 Å². The van der Waals surface area contributed by atoms with Crippen molar-refractivity contribution in [3.63, 3.8) is 0 Å². The SMILES string of the molecule is CCCCCC(C)(C)c1c(O)cccc1S(=O)(=O)O. The van der Waals surface area contributed by atoms with Gasteiger partial charge in [0, 0.05) is 5.56 Å². The average Bonchev–Trinajstić information content (AvgIpc) is 2.27. The molecule has 5 heteroatoms. The number of hydrogen-bond donors (Lipinski definition) is 2. The fourth-order valence-corrected chi connectivity index (χ4v) is 3.25. The Morgan fingerprint density at radius 2 is 1.84 bits per heavy atom. The lowest BCUT2D eigenvalue weighted by Gasteiger charge is -2.27. The molecule has 0 radical (unpaired) electrons. The minimum Gasteiger partial charge on any atom is -0.508 e. The maximum absolute atomic E-state index is 11.4. The van der Waals surface area contributed by atoms with Crippen LogP contribution in [0.5, 0.6) is 5.75 Å². The second-order valence-electron chi connectivity index (χ2n) is 5.47. The van der Waals surface area contributed by atoms with Crippen molar-refractivity contribution in [3.8, 4) is 5.75 Å². The minimum atomic E-state index is -4.33. The van der Waals surface area contributed by atoms with Crippen LogP contribution in [-0.2, 0) is 15.5 Å². The van der Waals surface area contributed by atoms with E-state index in [2.05, 4.69) is 6.92 Å². The fraction of sp³-hybridized carbons (Fsp3) is 0.571. The molecule has 0 fully saturated rings. The van der Waals surface area contributed by atoms with Crippen LogP contribution < -0.4 is 0 Å². The number of aromatic hydroxyl groups is 1. The van der Waals surface area contributed by atoms with E-state index in [1.165, 1.54) is 18.2 Å². The van der Waals surface area contributed by atoms with Gasteiger partial charge in [0.2, 0.25) is 0 Å². The van der Waals surface area contributed by atoms with Gasteiger partial charge >= 0.3 is 0 Å². The maximum Gasteiger partial charge on any atom is 0.294 e. The highest BCUT2D eigenvalue weighted by atomic mass is 32.2. The highest BCUT2D eigenvalue weighted by Gasteiger charge is 2.30. The van der Waals surface area contributed by atoms with Crippen LogP contribution in [0, 0.1) is 0 Å². The van der Waals surface area contributed by atoms with Crippen LogP contribution in [0.2, 0.25) is 0 Å². The van der Waals surface area contributed by atoms with Gasteiger partial charge in [-0.1, -0.05) is 46.1 Å². The second-order valence-corrected chi connectivity index (χ2v) is 6.86. The molecule has 1 aromatic rings. The van der Waals surface area contributed by atoms with Crippen molar-refractivity contribution in [2.45, 2.75) is 56.8 Å². The minimum absolute atomic E-state index is 0.0865. The van der Waals surface area contributed by atoms with E-state index >= 15 is 0 Å². The van der Waals surface area contributed by atoms with E-state index in [-0.39, 0.29) is 10.6 Å². The Bertz CT molecular complexity index is 532. The first-order chi connectivity index (χ1) is 8.70. The summed E-state index contributed by atoms with van der Waals surface area (Å²) < 4.78 is 32.1. The van der Waals surface area contributed by atoms with Crippen LogP contribution in [-0.4, -0.2) is 18.1 Å². The third-order valence-electron chi connectivity index (χ3n) is 3.36. The summed E-state index contributed by atoms with van der Waals surface area (Å²) in [7, 11) is -4.33. The normalized spacial score (nSPS) is 12.6. The van der Waals surface area contributed by atoms with Gasteiger partial charge in [-0.25, -0.2) is 0 Å². The zero-order chi connectivity index (χ0) is 14.7. The van der Waals surface area contributed by atoms with E-state index in [0.29, 0.717) is 5.56 Å². The number of phenols is 1. The Labute approximate surface area is 115 Å². The molecule has 1 aromatic carbocycles. The van der Waals surface area contributed by atoms with Gasteiger partial charge in [-0.05, 0) is 24.0 Å². The predicted octanol–water partition coefficient (Wildman–Crippen LogP) is 3.50. The first kappa shape index (κ1) is 16.0. The molecule has 108 valence electrons. The summed E-state index contributed by atoms with van der Waals surface area (Å²) in [6.45, 7) is 5.86. The summed E-state index contributed by atoms with van der Waals surface area (Å²) in [4.78, 5) is -0.200. The molecule has 0 aliphatic rings. The molecule has 2 N–H and O–H groups in total. The largest absolute Gasteiger partial charge is 0.508 e. The molecule has 0 amide bonds. The van der Waals surface area contributed by atoms with Crippen molar-refractivity contribution in [1.29, 1.82) is 0 Å². The summed E-state index contributed by atoms with van der Waals surface area (Å²) in [6.07, 6.45) is 3.82. The van der Waals surface area contributed by atoms with E-state index in [1.54, 1.807) is 0 Å². The quantitative estimate of drug-likeness (QED) is 0.620. The summed E-state index contributed by atoms with van der Waals surface area (Å²) >= 11 is 0. The topological polar surface area (TPSA) is 74.6 Å². The summed E-state index contributed by atoms with van der Waals surface area (Å²) in [5.41, 5.74) is -0.209. The van der Waals surface area contributed by atoms with Crippen LogP contribution in [0.25, 0.3) is 0 Å². The number of rotatable bonds is 6. The summed E-state index contributed by atoms with van der Waals surface area (Å²) in [5, 5.41) is 9.97. The molecule has 0 saturated carbocycles. The van der Waals surface area contributed by atoms with Crippen LogP contribution in [0.15, 0.2) is 23.1 Å². The van der Waals surface area contributed by atoms with Crippen molar-refractivity contribution >= 4 is 10.1 Å². The zero-order valence-corrected chi connectivity index (χ0v) is 12.5. The van der Waals surface area contributed by atoms with Crippen molar-refractivity contribution in [3.05, 3.63) is 23.8 Å². The monoisotopic (exact) mass is 286 g/mol. The van der Waals surface area contributed by atoms with Gasteiger partial charge in [-0.2, -0.15) is 8.42 Å². The van der Waals surface area contributed by atoms with E-state index in [1.807, 2.05) is 13.8 Å². The third-order valence-corrected chi connectivity index (χ3v) is 4.26. The van der Waals surface area contributed by atoms with Gasteiger partial charge in [0.1, 0.15) is 10.6 Å². The number of phenolic OH excluding ortho intramolecular Hbond substituents is 1. The summed E-state index contributed by atoms with van der Waals surface area (Å²) in [6, 6.07) is 4.20. The predicted molar refractivity (Wildman–Crippen MR) is 75.1 cm³/mol. The molecule has 0 atom stereocenters. The van der Waals surface area contributed by atoms with Crippen LogP contribution in [0.3, 0.4) is 0 Å². The first-order valence-corrected chi connectivity index (χ1v) is 7.94. The zero-order valence-electron chi connectivity index (χ0n) is 11.7. The average molecular weight is 286 g/mol. The van der Waals surface area contributed by atoms with E-state index in [0.717, 1.165) is 25.7 Å².